The van der Waals surface area contributed by atoms with Gasteiger partial charge in [-0.1, -0.05) is 20.8 Å². The molecular weight excluding hydrogens is 205 g/mol. The molecule has 16 heavy (non-hydrogen) atoms. The van der Waals surface area contributed by atoms with Crippen molar-refractivity contribution in [3.8, 4) is 0 Å². The molecule has 0 bridgehead atoms. The summed E-state index contributed by atoms with van der Waals surface area (Å²) in [5, 5.41) is 3.00. The third-order valence-corrected chi connectivity index (χ3v) is 2.62. The molecule has 96 valence electrons. The largest absolute Gasteiger partial charge is 0.353 e. The van der Waals surface area contributed by atoms with Crippen molar-refractivity contribution in [2.75, 3.05) is 6.67 Å². The van der Waals surface area contributed by atoms with Crippen LogP contribution in [0.1, 0.15) is 59.3 Å². The Morgan fingerprint density at radius 3 is 2.44 bits per heavy atom. The van der Waals surface area contributed by atoms with Gasteiger partial charge in [-0.05, 0) is 38.0 Å². The van der Waals surface area contributed by atoms with E-state index in [1.165, 1.54) is 0 Å². The van der Waals surface area contributed by atoms with E-state index in [1.54, 1.807) is 0 Å². The van der Waals surface area contributed by atoms with Crippen LogP contribution >= 0.6 is 0 Å². The van der Waals surface area contributed by atoms with Crippen molar-refractivity contribution >= 4 is 5.91 Å². The summed E-state index contributed by atoms with van der Waals surface area (Å²) in [6, 6.07) is 0.164. The van der Waals surface area contributed by atoms with Gasteiger partial charge in [-0.15, -0.1) is 0 Å². The number of hydrogen-bond acceptors (Lipinski definition) is 1. The Labute approximate surface area is 99.0 Å². The molecule has 1 atom stereocenters. The minimum Gasteiger partial charge on any atom is -0.353 e. The van der Waals surface area contributed by atoms with Gasteiger partial charge < -0.3 is 5.32 Å². The van der Waals surface area contributed by atoms with Crippen molar-refractivity contribution in [1.82, 2.24) is 5.32 Å². The summed E-state index contributed by atoms with van der Waals surface area (Å²) in [5.41, 5.74) is 0. The molecule has 0 saturated heterocycles. The third-order valence-electron chi connectivity index (χ3n) is 2.62. The lowest BCUT2D eigenvalue weighted by Crippen LogP contribution is -2.35. The molecule has 0 rings (SSSR count). The molecule has 1 unspecified atom stereocenters. The maximum atomic E-state index is 12.1. The van der Waals surface area contributed by atoms with E-state index in [-0.39, 0.29) is 18.6 Å². The van der Waals surface area contributed by atoms with Gasteiger partial charge in [0.1, 0.15) is 0 Å². The lowest BCUT2D eigenvalue weighted by atomic mass is 10.00. The number of rotatable bonds is 9. The third kappa shape index (κ3) is 8.69. The summed E-state index contributed by atoms with van der Waals surface area (Å²) in [7, 11) is 0. The van der Waals surface area contributed by atoms with E-state index in [9.17, 15) is 9.18 Å². The highest BCUT2D eigenvalue weighted by atomic mass is 19.1. The zero-order valence-corrected chi connectivity index (χ0v) is 10.9. The zero-order chi connectivity index (χ0) is 12.4. The second kappa shape index (κ2) is 9.61. The van der Waals surface area contributed by atoms with Crippen LogP contribution in [0.5, 0.6) is 0 Å². The molecule has 0 saturated carbocycles. The average molecular weight is 231 g/mol. The predicted octanol–water partition coefficient (Wildman–Crippen LogP) is 3.46. The monoisotopic (exact) mass is 231 g/mol. The number of carbonyl (C=O) groups is 1. The normalized spacial score (nSPS) is 12.8. The molecule has 1 N–H and O–H groups in total. The molecule has 0 aromatic heterocycles. The molecule has 0 aliphatic heterocycles. The van der Waals surface area contributed by atoms with Gasteiger partial charge in [-0.25, -0.2) is 0 Å². The predicted molar refractivity (Wildman–Crippen MR) is 66.1 cm³/mol. The molecule has 2 nitrogen and oxygen atoms in total. The van der Waals surface area contributed by atoms with Gasteiger partial charge in [-0.3, -0.25) is 9.18 Å². The topological polar surface area (TPSA) is 29.1 Å². The van der Waals surface area contributed by atoms with Crippen LogP contribution in [0, 0.1) is 5.92 Å². The smallest absolute Gasteiger partial charge is 0.220 e. The Bertz CT molecular complexity index is 183. The van der Waals surface area contributed by atoms with Gasteiger partial charge in [0.15, 0.2) is 0 Å². The summed E-state index contributed by atoms with van der Waals surface area (Å²) in [6.07, 6.45) is 4.81. The molecule has 0 aromatic carbocycles. The highest BCUT2D eigenvalue weighted by molar-refractivity contribution is 5.76. The summed E-state index contributed by atoms with van der Waals surface area (Å²) in [5.74, 6) is 0.742. The van der Waals surface area contributed by atoms with Crippen LogP contribution in [-0.2, 0) is 4.79 Å². The highest BCUT2D eigenvalue weighted by Gasteiger charge is 2.12. The Morgan fingerprint density at radius 2 is 1.94 bits per heavy atom. The van der Waals surface area contributed by atoms with Crippen LogP contribution in [-0.4, -0.2) is 18.6 Å². The second-order valence-electron chi connectivity index (χ2n) is 4.82. The van der Waals surface area contributed by atoms with Crippen molar-refractivity contribution in [3.05, 3.63) is 0 Å². The molecule has 0 aliphatic carbocycles. The van der Waals surface area contributed by atoms with Crippen molar-refractivity contribution in [1.29, 1.82) is 0 Å². The SMILES string of the molecule is CCCC(=O)NC(CCCF)CCC(C)C. The Kier molecular flexibility index (Phi) is 9.25. The molecule has 0 aromatic rings. The van der Waals surface area contributed by atoms with Crippen molar-refractivity contribution in [2.45, 2.75) is 65.3 Å². The minimum atomic E-state index is -0.290. The molecule has 1 amide bonds. The average Bonchev–Trinajstić information content (AvgIpc) is 2.22. The molecule has 0 heterocycles. The number of carbonyl (C=O) groups excluding carboxylic acids is 1. The standard InChI is InChI=1S/C13H26FNO/c1-4-6-13(16)15-12(7-5-10-14)9-8-11(2)3/h11-12H,4-10H2,1-3H3,(H,15,16). The van der Waals surface area contributed by atoms with Gasteiger partial charge in [-0.2, -0.15) is 0 Å². The van der Waals surface area contributed by atoms with Gasteiger partial charge in [0.05, 0.1) is 6.67 Å². The van der Waals surface area contributed by atoms with Crippen molar-refractivity contribution in [2.24, 2.45) is 5.92 Å². The first kappa shape index (κ1) is 15.4. The fourth-order valence-corrected chi connectivity index (χ4v) is 1.67. The number of nitrogens with one attached hydrogen (secondary N) is 1. The van der Waals surface area contributed by atoms with E-state index < -0.39 is 0 Å². The molecule has 0 aliphatic rings. The van der Waals surface area contributed by atoms with Gasteiger partial charge in [0.25, 0.3) is 0 Å². The van der Waals surface area contributed by atoms with E-state index in [4.69, 9.17) is 0 Å². The lowest BCUT2D eigenvalue weighted by Gasteiger charge is -2.19. The summed E-state index contributed by atoms with van der Waals surface area (Å²) >= 11 is 0. The first-order valence-corrected chi connectivity index (χ1v) is 6.45. The Balaban J connectivity index is 3.93. The molecule has 0 radical (unpaired) electrons. The summed E-state index contributed by atoms with van der Waals surface area (Å²) in [4.78, 5) is 11.5. The van der Waals surface area contributed by atoms with Crippen LogP contribution in [0.4, 0.5) is 4.39 Å². The van der Waals surface area contributed by atoms with Crippen LogP contribution < -0.4 is 5.32 Å². The number of hydrogen-bond donors (Lipinski definition) is 1. The first-order chi connectivity index (χ1) is 7.60. The minimum absolute atomic E-state index is 0.107. The summed E-state index contributed by atoms with van der Waals surface area (Å²) in [6.45, 7) is 6.03. The van der Waals surface area contributed by atoms with Crippen molar-refractivity contribution < 1.29 is 9.18 Å². The number of amides is 1. The Morgan fingerprint density at radius 1 is 1.25 bits per heavy atom. The van der Waals surface area contributed by atoms with E-state index in [0.717, 1.165) is 25.7 Å². The zero-order valence-electron chi connectivity index (χ0n) is 10.9. The van der Waals surface area contributed by atoms with Crippen LogP contribution in [0.15, 0.2) is 0 Å². The van der Waals surface area contributed by atoms with Gasteiger partial charge >= 0.3 is 0 Å². The number of halogens is 1. The van der Waals surface area contributed by atoms with E-state index in [2.05, 4.69) is 19.2 Å². The van der Waals surface area contributed by atoms with Crippen molar-refractivity contribution in [3.63, 3.8) is 0 Å². The second-order valence-corrected chi connectivity index (χ2v) is 4.82. The van der Waals surface area contributed by atoms with Crippen LogP contribution in [0.3, 0.4) is 0 Å². The highest BCUT2D eigenvalue weighted by Crippen LogP contribution is 2.11. The molecule has 0 spiro atoms. The quantitative estimate of drug-likeness (QED) is 0.647. The van der Waals surface area contributed by atoms with Gasteiger partial charge in [0.2, 0.25) is 5.91 Å². The first-order valence-electron chi connectivity index (χ1n) is 6.45. The van der Waals surface area contributed by atoms with Gasteiger partial charge in [0, 0.05) is 12.5 Å². The fourth-order valence-electron chi connectivity index (χ4n) is 1.67. The summed E-state index contributed by atoms with van der Waals surface area (Å²) < 4.78 is 12.1. The number of alkyl halides is 1. The maximum absolute atomic E-state index is 12.1. The molecular formula is C13H26FNO. The van der Waals surface area contributed by atoms with E-state index in [1.807, 2.05) is 6.92 Å². The lowest BCUT2D eigenvalue weighted by molar-refractivity contribution is -0.121. The van der Waals surface area contributed by atoms with Crippen LogP contribution in [0.2, 0.25) is 0 Å². The maximum Gasteiger partial charge on any atom is 0.220 e. The van der Waals surface area contributed by atoms with Crippen LogP contribution in [0.25, 0.3) is 0 Å². The van der Waals surface area contributed by atoms with E-state index >= 15 is 0 Å². The Hall–Kier alpha value is -0.600. The fraction of sp³-hybridized carbons (Fsp3) is 0.923. The molecule has 0 fully saturated rings. The van der Waals surface area contributed by atoms with E-state index in [0.29, 0.717) is 18.8 Å². The molecule has 3 heteroatoms.